The molecule has 4 nitrogen and oxygen atoms in total. The van der Waals surface area contributed by atoms with E-state index in [2.05, 4.69) is 46.0 Å². The van der Waals surface area contributed by atoms with Gasteiger partial charge in [0, 0.05) is 12.1 Å². The largest absolute Gasteiger partial charge is 0.383 e. The van der Waals surface area contributed by atoms with Crippen molar-refractivity contribution in [2.45, 2.75) is 26.2 Å². The number of nitrogens with one attached hydrogen (secondary N) is 1. The van der Waals surface area contributed by atoms with E-state index in [-0.39, 0.29) is 0 Å². The molecule has 2 heterocycles. The minimum atomic E-state index is 0.315. The molecule has 18 heavy (non-hydrogen) atoms. The van der Waals surface area contributed by atoms with Crippen molar-refractivity contribution in [3.8, 4) is 0 Å². The van der Waals surface area contributed by atoms with Crippen molar-refractivity contribution >= 4 is 23.0 Å². The number of nitrogens with two attached hydrogens (primary N) is 1. The molecule has 0 amide bonds. The predicted octanol–water partition coefficient (Wildman–Crippen LogP) is 2.90. The molecule has 0 radical (unpaired) electrons. The lowest BCUT2D eigenvalue weighted by atomic mass is 10.0. The molecule has 0 aliphatic carbocycles. The zero-order chi connectivity index (χ0) is 13.0. The predicted molar refractivity (Wildman–Crippen MR) is 77.0 cm³/mol. The van der Waals surface area contributed by atoms with Gasteiger partial charge in [-0.05, 0) is 34.7 Å². The van der Waals surface area contributed by atoms with E-state index in [1.807, 2.05) is 0 Å². The van der Waals surface area contributed by atoms with Crippen molar-refractivity contribution in [1.29, 1.82) is 0 Å². The lowest BCUT2D eigenvalue weighted by molar-refractivity contribution is 0.847. The van der Waals surface area contributed by atoms with E-state index >= 15 is 0 Å². The number of rotatable bonds is 5. The fourth-order valence-electron chi connectivity index (χ4n) is 1.88. The number of nitrogen functional groups attached to an aromatic ring is 1. The molecule has 0 saturated heterocycles. The molecule has 2 rings (SSSR count). The van der Waals surface area contributed by atoms with Crippen molar-refractivity contribution in [2.75, 3.05) is 17.6 Å². The maximum absolute atomic E-state index is 5.90. The van der Waals surface area contributed by atoms with E-state index in [0.29, 0.717) is 11.7 Å². The molecule has 0 unspecified atom stereocenters. The van der Waals surface area contributed by atoms with Gasteiger partial charge in [-0.15, -0.1) is 0 Å². The van der Waals surface area contributed by atoms with Gasteiger partial charge in [-0.25, -0.2) is 9.97 Å². The molecule has 5 heteroatoms. The van der Waals surface area contributed by atoms with Crippen molar-refractivity contribution in [3.05, 3.63) is 34.3 Å². The van der Waals surface area contributed by atoms with Crippen LogP contribution >= 0.6 is 11.3 Å². The van der Waals surface area contributed by atoms with Crippen LogP contribution in [0.1, 0.15) is 30.9 Å². The summed E-state index contributed by atoms with van der Waals surface area (Å²) in [5.74, 6) is 1.74. The van der Waals surface area contributed by atoms with Crippen LogP contribution in [0.3, 0.4) is 0 Å². The smallest absolute Gasteiger partial charge is 0.134 e. The lowest BCUT2D eigenvalue weighted by Gasteiger charge is -2.14. The minimum Gasteiger partial charge on any atom is -0.383 e. The standard InChI is InChI=1S/C13H18N4S/c1-9(2)11-12(14)16-8-17-13(11)15-5-3-10-4-6-18-7-10/h4,6-9H,3,5H2,1-2H3,(H3,14,15,16,17). The van der Waals surface area contributed by atoms with Gasteiger partial charge in [-0.2, -0.15) is 11.3 Å². The highest BCUT2D eigenvalue weighted by Gasteiger charge is 2.12. The van der Waals surface area contributed by atoms with Crippen molar-refractivity contribution in [1.82, 2.24) is 9.97 Å². The summed E-state index contributed by atoms with van der Waals surface area (Å²) in [6.07, 6.45) is 2.50. The van der Waals surface area contributed by atoms with Crippen LogP contribution in [0.4, 0.5) is 11.6 Å². The Morgan fingerprint density at radius 3 is 2.89 bits per heavy atom. The van der Waals surface area contributed by atoms with Gasteiger partial charge in [0.1, 0.15) is 18.0 Å². The van der Waals surface area contributed by atoms with E-state index in [1.54, 1.807) is 11.3 Å². The van der Waals surface area contributed by atoms with Gasteiger partial charge in [-0.3, -0.25) is 0 Å². The lowest BCUT2D eigenvalue weighted by Crippen LogP contribution is -2.11. The SMILES string of the molecule is CC(C)c1c(N)ncnc1NCCc1ccsc1. The molecule has 96 valence electrons. The van der Waals surface area contributed by atoms with Crippen molar-refractivity contribution in [3.63, 3.8) is 0 Å². The number of nitrogens with zero attached hydrogens (tertiary/aromatic N) is 2. The summed E-state index contributed by atoms with van der Waals surface area (Å²) in [5, 5.41) is 7.61. The van der Waals surface area contributed by atoms with Gasteiger partial charge in [0.2, 0.25) is 0 Å². The van der Waals surface area contributed by atoms with Crippen LogP contribution < -0.4 is 11.1 Å². The van der Waals surface area contributed by atoms with Crippen LogP contribution in [0.15, 0.2) is 23.2 Å². The van der Waals surface area contributed by atoms with Crippen molar-refractivity contribution < 1.29 is 0 Å². The van der Waals surface area contributed by atoms with E-state index in [1.165, 1.54) is 11.9 Å². The Balaban J connectivity index is 2.03. The first-order valence-corrected chi connectivity index (χ1v) is 6.98. The van der Waals surface area contributed by atoms with Crippen molar-refractivity contribution in [2.24, 2.45) is 0 Å². The van der Waals surface area contributed by atoms with Crippen LogP contribution in [0.5, 0.6) is 0 Å². The molecule has 0 atom stereocenters. The Morgan fingerprint density at radius 2 is 2.22 bits per heavy atom. The monoisotopic (exact) mass is 262 g/mol. The molecule has 0 spiro atoms. The summed E-state index contributed by atoms with van der Waals surface area (Å²) >= 11 is 1.72. The topological polar surface area (TPSA) is 63.8 Å². The highest BCUT2D eigenvalue weighted by atomic mass is 32.1. The summed E-state index contributed by atoms with van der Waals surface area (Å²) in [6, 6.07) is 2.14. The number of hydrogen-bond donors (Lipinski definition) is 2. The number of thiophene rings is 1. The molecule has 0 saturated carbocycles. The molecule has 3 N–H and O–H groups in total. The fourth-order valence-corrected chi connectivity index (χ4v) is 2.58. The van der Waals surface area contributed by atoms with Gasteiger partial charge >= 0.3 is 0 Å². The van der Waals surface area contributed by atoms with E-state index in [9.17, 15) is 0 Å². The zero-order valence-corrected chi connectivity index (χ0v) is 11.5. The molecular formula is C13H18N4S. The number of hydrogen-bond acceptors (Lipinski definition) is 5. The normalized spacial score (nSPS) is 10.8. The Bertz CT molecular complexity index is 494. The maximum Gasteiger partial charge on any atom is 0.134 e. The molecule has 0 bridgehead atoms. The first kappa shape index (κ1) is 12.8. The molecular weight excluding hydrogens is 244 g/mol. The third-order valence-electron chi connectivity index (χ3n) is 2.78. The minimum absolute atomic E-state index is 0.315. The Morgan fingerprint density at radius 1 is 1.39 bits per heavy atom. The van der Waals surface area contributed by atoms with Crippen LogP contribution in [0, 0.1) is 0 Å². The first-order chi connectivity index (χ1) is 8.68. The maximum atomic E-state index is 5.90. The molecule has 0 aliphatic rings. The second-order valence-corrected chi connectivity index (χ2v) is 5.26. The molecule has 0 aliphatic heterocycles. The second-order valence-electron chi connectivity index (χ2n) is 4.48. The Hall–Kier alpha value is -1.62. The van der Waals surface area contributed by atoms with Gasteiger partial charge in [0.25, 0.3) is 0 Å². The average Bonchev–Trinajstić information content (AvgIpc) is 2.81. The van der Waals surface area contributed by atoms with Crippen LogP contribution in [0.2, 0.25) is 0 Å². The molecule has 0 aromatic carbocycles. The van der Waals surface area contributed by atoms with Gasteiger partial charge in [0.05, 0.1) is 0 Å². The van der Waals surface area contributed by atoms with E-state index in [0.717, 1.165) is 24.3 Å². The fraction of sp³-hybridized carbons (Fsp3) is 0.385. The van der Waals surface area contributed by atoms with Crippen LogP contribution in [0.25, 0.3) is 0 Å². The van der Waals surface area contributed by atoms with Gasteiger partial charge in [-0.1, -0.05) is 13.8 Å². The third kappa shape index (κ3) is 2.98. The zero-order valence-electron chi connectivity index (χ0n) is 10.7. The molecule has 2 aromatic heterocycles. The van der Waals surface area contributed by atoms with Crippen LogP contribution in [-0.2, 0) is 6.42 Å². The second kappa shape index (κ2) is 5.82. The number of anilines is 2. The third-order valence-corrected chi connectivity index (χ3v) is 3.51. The van der Waals surface area contributed by atoms with Gasteiger partial charge < -0.3 is 11.1 Å². The van der Waals surface area contributed by atoms with E-state index < -0.39 is 0 Å². The summed E-state index contributed by atoms with van der Waals surface area (Å²) in [7, 11) is 0. The molecule has 0 fully saturated rings. The van der Waals surface area contributed by atoms with Gasteiger partial charge in [0.15, 0.2) is 0 Å². The van der Waals surface area contributed by atoms with Crippen LogP contribution in [-0.4, -0.2) is 16.5 Å². The first-order valence-electron chi connectivity index (χ1n) is 6.03. The summed E-state index contributed by atoms with van der Waals surface area (Å²) in [5.41, 5.74) is 8.25. The highest BCUT2D eigenvalue weighted by Crippen LogP contribution is 2.26. The highest BCUT2D eigenvalue weighted by molar-refractivity contribution is 7.07. The summed E-state index contributed by atoms with van der Waals surface area (Å²) in [4.78, 5) is 8.33. The Labute approximate surface area is 111 Å². The summed E-state index contributed by atoms with van der Waals surface area (Å²) in [6.45, 7) is 5.05. The Kier molecular flexibility index (Phi) is 4.15. The molecule has 2 aromatic rings. The summed E-state index contributed by atoms with van der Waals surface area (Å²) < 4.78 is 0. The quantitative estimate of drug-likeness (QED) is 0.869. The average molecular weight is 262 g/mol. The van der Waals surface area contributed by atoms with E-state index in [4.69, 9.17) is 5.73 Å². The number of aromatic nitrogens is 2.